The van der Waals surface area contributed by atoms with Gasteiger partial charge >= 0.3 is 5.97 Å². The van der Waals surface area contributed by atoms with E-state index in [0.29, 0.717) is 12.1 Å². The molecular formula is C21H25N3O3. The Hall–Kier alpha value is -2.37. The number of carbonyl (C=O) groups is 2. The van der Waals surface area contributed by atoms with Gasteiger partial charge in [0.15, 0.2) is 0 Å². The SMILES string of the molecule is Cn1cnc2cc(C(=O)O)c(C(=O)NCC34CC5CC(CC(C5)C3)C4)cc21. The Morgan fingerprint density at radius 2 is 1.78 bits per heavy atom. The van der Waals surface area contributed by atoms with E-state index in [0.717, 1.165) is 23.3 Å². The van der Waals surface area contributed by atoms with Crippen LogP contribution in [-0.4, -0.2) is 33.1 Å². The molecule has 1 aromatic heterocycles. The molecule has 6 nitrogen and oxygen atoms in total. The van der Waals surface area contributed by atoms with Crippen LogP contribution >= 0.6 is 0 Å². The number of aromatic carboxylic acids is 1. The molecule has 1 aromatic carbocycles. The Labute approximate surface area is 158 Å². The summed E-state index contributed by atoms with van der Waals surface area (Å²) in [5, 5.41) is 12.7. The molecule has 1 heterocycles. The Morgan fingerprint density at radius 3 is 2.37 bits per heavy atom. The predicted molar refractivity (Wildman–Crippen MR) is 101 cm³/mol. The zero-order valence-electron chi connectivity index (χ0n) is 15.6. The second-order valence-electron chi connectivity index (χ2n) is 9.15. The second-order valence-corrected chi connectivity index (χ2v) is 9.15. The van der Waals surface area contributed by atoms with Crippen molar-refractivity contribution in [3.8, 4) is 0 Å². The summed E-state index contributed by atoms with van der Waals surface area (Å²) >= 11 is 0. The summed E-state index contributed by atoms with van der Waals surface area (Å²) in [7, 11) is 1.84. The lowest BCUT2D eigenvalue weighted by molar-refractivity contribution is -0.0503. The zero-order chi connectivity index (χ0) is 18.8. The first kappa shape index (κ1) is 16.8. The summed E-state index contributed by atoms with van der Waals surface area (Å²) in [5.74, 6) is 1.10. The number of aryl methyl sites for hydroxylation is 1. The van der Waals surface area contributed by atoms with E-state index in [4.69, 9.17) is 0 Å². The maximum Gasteiger partial charge on any atom is 0.336 e. The number of amides is 1. The first-order valence-corrected chi connectivity index (χ1v) is 9.89. The number of nitrogens with one attached hydrogen (secondary N) is 1. The quantitative estimate of drug-likeness (QED) is 0.869. The molecule has 4 fully saturated rings. The number of fused-ring (bicyclic) bond motifs is 1. The first-order valence-electron chi connectivity index (χ1n) is 9.89. The lowest BCUT2D eigenvalue weighted by Crippen LogP contribution is -2.51. The molecule has 4 saturated carbocycles. The number of imidazole rings is 1. The summed E-state index contributed by atoms with van der Waals surface area (Å²) in [6.07, 6.45) is 9.38. The second kappa shape index (κ2) is 5.81. The van der Waals surface area contributed by atoms with Crippen LogP contribution in [0.4, 0.5) is 0 Å². The van der Waals surface area contributed by atoms with Crippen molar-refractivity contribution in [1.82, 2.24) is 14.9 Å². The van der Waals surface area contributed by atoms with Crippen LogP contribution < -0.4 is 5.32 Å². The van der Waals surface area contributed by atoms with Crippen molar-refractivity contribution in [2.45, 2.75) is 38.5 Å². The molecule has 6 rings (SSSR count). The minimum Gasteiger partial charge on any atom is -0.478 e. The topological polar surface area (TPSA) is 84.2 Å². The molecule has 1 amide bonds. The van der Waals surface area contributed by atoms with Gasteiger partial charge in [-0.25, -0.2) is 9.78 Å². The molecule has 4 aliphatic carbocycles. The van der Waals surface area contributed by atoms with Gasteiger partial charge in [-0.1, -0.05) is 0 Å². The minimum absolute atomic E-state index is 0.0178. The van der Waals surface area contributed by atoms with Crippen LogP contribution in [0.5, 0.6) is 0 Å². The van der Waals surface area contributed by atoms with Gasteiger partial charge < -0.3 is 15.0 Å². The fourth-order valence-electron chi connectivity index (χ4n) is 6.41. The fourth-order valence-corrected chi connectivity index (χ4v) is 6.41. The maximum absolute atomic E-state index is 12.9. The zero-order valence-corrected chi connectivity index (χ0v) is 15.6. The van der Waals surface area contributed by atoms with Crippen LogP contribution in [-0.2, 0) is 7.05 Å². The van der Waals surface area contributed by atoms with Gasteiger partial charge in [-0.15, -0.1) is 0 Å². The van der Waals surface area contributed by atoms with Crippen molar-refractivity contribution in [3.05, 3.63) is 29.6 Å². The Balaban J connectivity index is 1.40. The fraction of sp³-hybridized carbons (Fsp3) is 0.571. The molecule has 4 bridgehead atoms. The van der Waals surface area contributed by atoms with Gasteiger partial charge in [0.05, 0.1) is 28.5 Å². The highest BCUT2D eigenvalue weighted by molar-refractivity contribution is 6.07. The van der Waals surface area contributed by atoms with E-state index in [1.807, 2.05) is 7.05 Å². The molecule has 2 N–H and O–H groups in total. The Morgan fingerprint density at radius 1 is 1.15 bits per heavy atom. The highest BCUT2D eigenvalue weighted by atomic mass is 16.4. The first-order chi connectivity index (χ1) is 12.9. The summed E-state index contributed by atoms with van der Waals surface area (Å²) < 4.78 is 1.80. The predicted octanol–water partition coefficient (Wildman–Crippen LogP) is 3.22. The van der Waals surface area contributed by atoms with E-state index in [1.165, 1.54) is 44.6 Å². The van der Waals surface area contributed by atoms with Crippen LogP contribution in [0, 0.1) is 23.2 Å². The number of hydrogen-bond acceptors (Lipinski definition) is 3. The van der Waals surface area contributed by atoms with E-state index < -0.39 is 5.97 Å². The van der Waals surface area contributed by atoms with E-state index in [2.05, 4.69) is 10.3 Å². The van der Waals surface area contributed by atoms with Crippen LogP contribution in [0.15, 0.2) is 18.5 Å². The van der Waals surface area contributed by atoms with Crippen molar-refractivity contribution >= 4 is 22.9 Å². The van der Waals surface area contributed by atoms with E-state index in [1.54, 1.807) is 17.0 Å². The largest absolute Gasteiger partial charge is 0.478 e. The van der Waals surface area contributed by atoms with Gasteiger partial charge in [0.1, 0.15) is 0 Å². The average molecular weight is 367 g/mol. The smallest absolute Gasteiger partial charge is 0.336 e. The lowest BCUT2D eigenvalue weighted by atomic mass is 9.49. The van der Waals surface area contributed by atoms with Crippen molar-refractivity contribution in [2.75, 3.05) is 6.54 Å². The van der Waals surface area contributed by atoms with Crippen LogP contribution in [0.3, 0.4) is 0 Å². The van der Waals surface area contributed by atoms with Crippen LogP contribution in [0.25, 0.3) is 11.0 Å². The normalized spacial score (nSPS) is 31.4. The summed E-state index contributed by atoms with van der Waals surface area (Å²) in [6.45, 7) is 0.665. The van der Waals surface area contributed by atoms with E-state index >= 15 is 0 Å². The number of aromatic nitrogens is 2. The van der Waals surface area contributed by atoms with Gasteiger partial charge in [-0.05, 0) is 73.8 Å². The van der Waals surface area contributed by atoms with E-state index in [9.17, 15) is 14.7 Å². The third kappa shape index (κ3) is 2.73. The van der Waals surface area contributed by atoms with Gasteiger partial charge in [0.25, 0.3) is 5.91 Å². The number of rotatable bonds is 4. The molecular weight excluding hydrogens is 342 g/mol. The minimum atomic E-state index is -1.09. The maximum atomic E-state index is 12.9. The summed E-state index contributed by atoms with van der Waals surface area (Å²) in [6, 6.07) is 3.15. The molecule has 4 aliphatic rings. The molecule has 142 valence electrons. The van der Waals surface area contributed by atoms with Gasteiger partial charge in [0.2, 0.25) is 0 Å². The molecule has 6 heteroatoms. The number of hydrogen-bond donors (Lipinski definition) is 2. The summed E-state index contributed by atoms with van der Waals surface area (Å²) in [4.78, 5) is 28.8. The van der Waals surface area contributed by atoms with Crippen molar-refractivity contribution in [2.24, 2.45) is 30.2 Å². The van der Waals surface area contributed by atoms with Crippen molar-refractivity contribution < 1.29 is 14.7 Å². The molecule has 0 aliphatic heterocycles. The van der Waals surface area contributed by atoms with Crippen molar-refractivity contribution in [3.63, 3.8) is 0 Å². The molecule has 0 spiro atoms. The highest BCUT2D eigenvalue weighted by Crippen LogP contribution is 2.59. The van der Waals surface area contributed by atoms with Crippen LogP contribution in [0.2, 0.25) is 0 Å². The molecule has 0 radical (unpaired) electrons. The highest BCUT2D eigenvalue weighted by Gasteiger charge is 2.50. The van der Waals surface area contributed by atoms with Gasteiger partial charge in [-0.2, -0.15) is 0 Å². The molecule has 0 saturated heterocycles. The molecule has 0 unspecified atom stereocenters. The van der Waals surface area contributed by atoms with Crippen molar-refractivity contribution in [1.29, 1.82) is 0 Å². The molecule has 0 atom stereocenters. The Bertz CT molecular complexity index is 910. The number of carboxylic acids is 1. The van der Waals surface area contributed by atoms with Gasteiger partial charge in [-0.3, -0.25) is 4.79 Å². The third-order valence-electron chi connectivity index (χ3n) is 7.13. The number of carboxylic acid groups (broad SMARTS) is 1. The molecule has 2 aromatic rings. The number of benzene rings is 1. The average Bonchev–Trinajstić information content (AvgIpc) is 2.98. The lowest BCUT2D eigenvalue weighted by Gasteiger charge is -2.56. The summed E-state index contributed by atoms with van der Waals surface area (Å²) in [5.41, 5.74) is 1.82. The van der Waals surface area contributed by atoms with E-state index in [-0.39, 0.29) is 22.4 Å². The Kier molecular flexibility index (Phi) is 3.61. The standard InChI is InChI=1S/C21H25N3O3/c1-24-11-23-17-5-16(20(26)27)15(6-18(17)24)19(25)22-10-21-7-12-2-13(8-21)4-14(3-12)9-21/h5-6,11-14H,2-4,7-10H2,1H3,(H,22,25)(H,26,27). The van der Waals surface area contributed by atoms with Crippen LogP contribution in [0.1, 0.15) is 59.2 Å². The molecule has 27 heavy (non-hydrogen) atoms. The monoisotopic (exact) mass is 367 g/mol. The number of nitrogens with zero attached hydrogens (tertiary/aromatic N) is 2. The third-order valence-corrected chi connectivity index (χ3v) is 7.13. The number of carbonyl (C=O) groups excluding carboxylic acids is 1. The van der Waals surface area contributed by atoms with Gasteiger partial charge in [0, 0.05) is 13.6 Å².